The van der Waals surface area contributed by atoms with E-state index < -0.39 is 11.0 Å². The third kappa shape index (κ3) is 3.59. The number of carbonyl (C=O) groups is 1. The molecule has 5 nitrogen and oxygen atoms in total. The van der Waals surface area contributed by atoms with Crippen LogP contribution in [0.5, 0.6) is 0 Å². The fourth-order valence-electron chi connectivity index (χ4n) is 0.829. The predicted octanol–water partition coefficient (Wildman–Crippen LogP) is 2.00. The van der Waals surface area contributed by atoms with Gasteiger partial charge in [-0.05, 0) is 24.3 Å². The Kier molecular flexibility index (Phi) is 4.11. The van der Waals surface area contributed by atoms with Gasteiger partial charge in [0.15, 0.2) is 6.29 Å². The van der Waals surface area contributed by atoms with Crippen molar-refractivity contribution in [3.63, 3.8) is 0 Å². The summed E-state index contributed by atoms with van der Waals surface area (Å²) in [5.74, 6) is 0. The van der Waals surface area contributed by atoms with E-state index in [-0.39, 0.29) is 6.29 Å². The van der Waals surface area contributed by atoms with Crippen molar-refractivity contribution >= 4 is 34.1 Å². The molecule has 1 atom stereocenters. The Morgan fingerprint density at radius 2 is 2.00 bits per heavy atom. The fourth-order valence-corrected chi connectivity index (χ4v) is 1.09. The number of hydrogen-bond acceptors (Lipinski definition) is 4. The van der Waals surface area contributed by atoms with E-state index >= 15 is 0 Å². The molecule has 15 heavy (non-hydrogen) atoms. The van der Waals surface area contributed by atoms with Crippen LogP contribution in [-0.2, 0) is 4.79 Å². The molecule has 0 N–H and O–H groups in total. The van der Waals surface area contributed by atoms with Crippen LogP contribution in [0.3, 0.4) is 0 Å². The summed E-state index contributed by atoms with van der Waals surface area (Å²) >= 11 is 3.25. The van der Waals surface area contributed by atoms with Crippen molar-refractivity contribution in [3.05, 3.63) is 38.9 Å². The molecule has 1 aromatic rings. The van der Waals surface area contributed by atoms with Crippen molar-refractivity contribution in [2.24, 2.45) is 4.99 Å². The van der Waals surface area contributed by atoms with E-state index in [0.29, 0.717) is 5.69 Å². The summed E-state index contributed by atoms with van der Waals surface area (Å²) in [6.45, 7) is 0. The normalized spacial score (nSPS) is 12.6. The van der Waals surface area contributed by atoms with Gasteiger partial charge in [0.1, 0.15) is 0 Å². The summed E-state index contributed by atoms with van der Waals surface area (Å²) in [4.78, 5) is 23.7. The molecular formula is C9H7BrN2O3. The third-order valence-corrected chi connectivity index (χ3v) is 2.11. The highest BCUT2D eigenvalue weighted by molar-refractivity contribution is 9.10. The largest absolute Gasteiger partial charge is 0.302 e. The first kappa shape index (κ1) is 11.5. The summed E-state index contributed by atoms with van der Waals surface area (Å²) in [6, 6.07) is 5.50. The molecule has 0 aliphatic carbocycles. The minimum atomic E-state index is -1.38. The molecule has 0 aromatic heterocycles. The number of halogens is 1. The summed E-state index contributed by atoms with van der Waals surface area (Å²) in [5.41, 5.74) is 0.562. The number of aldehydes is 1. The standard InChI is InChI=1S/C9H7BrN2O3/c10-7-1-3-8(4-2-7)11-5-9(6-13)12(14)15/h1-6,9H. The van der Waals surface area contributed by atoms with Gasteiger partial charge in [-0.2, -0.15) is 0 Å². The van der Waals surface area contributed by atoms with E-state index in [4.69, 9.17) is 0 Å². The topological polar surface area (TPSA) is 72.6 Å². The molecule has 0 radical (unpaired) electrons. The average Bonchev–Trinajstić information content (AvgIpc) is 2.21. The first-order chi connectivity index (χ1) is 7.13. The average molecular weight is 271 g/mol. The van der Waals surface area contributed by atoms with Gasteiger partial charge in [0, 0.05) is 9.40 Å². The van der Waals surface area contributed by atoms with Gasteiger partial charge in [0.05, 0.1) is 11.9 Å². The van der Waals surface area contributed by atoms with Gasteiger partial charge in [0.2, 0.25) is 0 Å². The maximum atomic E-state index is 10.3. The molecule has 78 valence electrons. The molecular weight excluding hydrogens is 264 g/mol. The molecule has 0 bridgehead atoms. The van der Waals surface area contributed by atoms with Crippen LogP contribution in [-0.4, -0.2) is 23.5 Å². The number of rotatable bonds is 4. The van der Waals surface area contributed by atoms with Crippen LogP contribution < -0.4 is 0 Å². The number of benzene rings is 1. The van der Waals surface area contributed by atoms with Crippen LogP contribution in [0, 0.1) is 10.1 Å². The van der Waals surface area contributed by atoms with Crippen LogP contribution in [0.2, 0.25) is 0 Å². The predicted molar refractivity (Wildman–Crippen MR) is 59.1 cm³/mol. The van der Waals surface area contributed by atoms with Crippen LogP contribution >= 0.6 is 15.9 Å². The lowest BCUT2D eigenvalue weighted by atomic mass is 10.3. The second-order valence-corrected chi connectivity index (χ2v) is 3.58. The molecule has 0 amide bonds. The number of aliphatic imine (C=N–C) groups is 1. The van der Waals surface area contributed by atoms with Crippen LogP contribution in [0.4, 0.5) is 5.69 Å². The summed E-state index contributed by atoms with van der Waals surface area (Å²) in [7, 11) is 0. The Morgan fingerprint density at radius 3 is 2.47 bits per heavy atom. The van der Waals surface area contributed by atoms with Gasteiger partial charge in [-0.1, -0.05) is 15.9 Å². The molecule has 0 heterocycles. The zero-order valence-electron chi connectivity index (χ0n) is 7.54. The van der Waals surface area contributed by atoms with Gasteiger partial charge in [-0.3, -0.25) is 19.9 Å². The quantitative estimate of drug-likeness (QED) is 0.364. The van der Waals surface area contributed by atoms with Crippen molar-refractivity contribution in [3.8, 4) is 0 Å². The van der Waals surface area contributed by atoms with E-state index in [0.717, 1.165) is 10.7 Å². The Hall–Kier alpha value is -1.56. The van der Waals surface area contributed by atoms with Crippen molar-refractivity contribution in [2.45, 2.75) is 6.04 Å². The van der Waals surface area contributed by atoms with Crippen molar-refractivity contribution in [1.29, 1.82) is 0 Å². The molecule has 0 aliphatic heterocycles. The Morgan fingerprint density at radius 1 is 1.40 bits per heavy atom. The molecule has 6 heteroatoms. The maximum Gasteiger partial charge on any atom is 0.302 e. The Bertz CT molecular complexity index is 389. The Balaban J connectivity index is 2.76. The molecule has 0 aliphatic rings. The zero-order valence-corrected chi connectivity index (χ0v) is 9.12. The molecule has 0 fully saturated rings. The number of hydrogen-bond donors (Lipinski definition) is 0. The monoisotopic (exact) mass is 270 g/mol. The summed E-state index contributed by atoms with van der Waals surface area (Å²) in [5, 5.41) is 10.3. The molecule has 0 spiro atoms. The highest BCUT2D eigenvalue weighted by atomic mass is 79.9. The van der Waals surface area contributed by atoms with E-state index in [2.05, 4.69) is 20.9 Å². The van der Waals surface area contributed by atoms with Gasteiger partial charge in [-0.25, -0.2) is 0 Å². The maximum absolute atomic E-state index is 10.3. The van der Waals surface area contributed by atoms with E-state index in [1.807, 2.05) is 0 Å². The van der Waals surface area contributed by atoms with Crippen molar-refractivity contribution < 1.29 is 9.72 Å². The van der Waals surface area contributed by atoms with E-state index in [9.17, 15) is 14.9 Å². The first-order valence-corrected chi connectivity index (χ1v) is 4.81. The smallest absolute Gasteiger partial charge is 0.295 e. The lowest BCUT2D eigenvalue weighted by Gasteiger charge is -1.95. The van der Waals surface area contributed by atoms with E-state index in [1.165, 1.54) is 0 Å². The molecule has 0 saturated heterocycles. The van der Waals surface area contributed by atoms with Crippen molar-refractivity contribution in [1.82, 2.24) is 0 Å². The summed E-state index contributed by atoms with van der Waals surface area (Å²) in [6.07, 6.45) is 1.25. The van der Waals surface area contributed by atoms with Crippen LogP contribution in [0.25, 0.3) is 0 Å². The lowest BCUT2D eigenvalue weighted by Crippen LogP contribution is -2.22. The number of nitro groups is 1. The fraction of sp³-hybridized carbons (Fsp3) is 0.111. The molecule has 1 aromatic carbocycles. The minimum Gasteiger partial charge on any atom is -0.295 e. The highest BCUT2D eigenvalue weighted by Gasteiger charge is 2.14. The molecule has 0 saturated carbocycles. The SMILES string of the molecule is O=CC(C=Nc1ccc(Br)cc1)[N+](=O)[O-]. The van der Waals surface area contributed by atoms with Crippen LogP contribution in [0.15, 0.2) is 33.7 Å². The second kappa shape index (κ2) is 5.35. The highest BCUT2D eigenvalue weighted by Crippen LogP contribution is 2.16. The van der Waals surface area contributed by atoms with Crippen LogP contribution in [0.1, 0.15) is 0 Å². The Labute approximate surface area is 94.1 Å². The third-order valence-electron chi connectivity index (χ3n) is 1.59. The van der Waals surface area contributed by atoms with Gasteiger partial charge in [-0.15, -0.1) is 0 Å². The number of nitrogens with zero attached hydrogens (tertiary/aromatic N) is 2. The first-order valence-electron chi connectivity index (χ1n) is 4.02. The molecule has 1 unspecified atom stereocenters. The number of carbonyl (C=O) groups excluding carboxylic acids is 1. The van der Waals surface area contributed by atoms with Gasteiger partial charge in [0.25, 0.3) is 0 Å². The zero-order chi connectivity index (χ0) is 11.3. The summed E-state index contributed by atoms with van der Waals surface area (Å²) < 4.78 is 0.891. The second-order valence-electron chi connectivity index (χ2n) is 2.67. The van der Waals surface area contributed by atoms with Crippen molar-refractivity contribution in [2.75, 3.05) is 0 Å². The van der Waals surface area contributed by atoms with Gasteiger partial charge >= 0.3 is 6.04 Å². The van der Waals surface area contributed by atoms with E-state index in [1.54, 1.807) is 24.3 Å². The lowest BCUT2D eigenvalue weighted by molar-refractivity contribution is -0.485. The molecule has 1 rings (SSSR count). The minimum absolute atomic E-state index is 0.238. The van der Waals surface area contributed by atoms with Gasteiger partial charge < -0.3 is 0 Å².